The summed E-state index contributed by atoms with van der Waals surface area (Å²) in [7, 11) is 0. The Kier molecular flexibility index (Phi) is 4.32. The van der Waals surface area contributed by atoms with E-state index in [1.165, 1.54) is 0 Å². The van der Waals surface area contributed by atoms with Crippen molar-refractivity contribution in [2.24, 2.45) is 11.7 Å². The maximum absolute atomic E-state index is 12.1. The van der Waals surface area contributed by atoms with E-state index in [0.717, 1.165) is 11.3 Å². The zero-order valence-electron chi connectivity index (χ0n) is 9.21. The van der Waals surface area contributed by atoms with E-state index in [-0.39, 0.29) is 16.8 Å². The lowest BCUT2D eigenvalue weighted by atomic mass is 9.93. The van der Waals surface area contributed by atoms with E-state index in [1.807, 2.05) is 13.8 Å². The van der Waals surface area contributed by atoms with Crippen LogP contribution in [0.3, 0.4) is 0 Å². The number of thiazole rings is 1. The number of aromatic nitrogens is 1. The van der Waals surface area contributed by atoms with Crippen LogP contribution < -0.4 is 5.73 Å². The summed E-state index contributed by atoms with van der Waals surface area (Å²) in [4.78, 5) is 4.01. The third-order valence-electron chi connectivity index (χ3n) is 2.36. The van der Waals surface area contributed by atoms with Crippen LogP contribution in [-0.4, -0.2) is 17.7 Å². The number of halogens is 3. The number of hydrogen-bond acceptors (Lipinski definition) is 3. The van der Waals surface area contributed by atoms with E-state index >= 15 is 0 Å². The third kappa shape index (κ3) is 3.75. The van der Waals surface area contributed by atoms with Crippen molar-refractivity contribution in [1.29, 1.82) is 0 Å². The molecule has 1 rings (SSSR count). The topological polar surface area (TPSA) is 38.9 Å². The van der Waals surface area contributed by atoms with Crippen molar-refractivity contribution in [3.05, 3.63) is 16.1 Å². The molecule has 0 fully saturated rings. The second-order valence-corrected chi connectivity index (χ2v) is 4.99. The van der Waals surface area contributed by atoms with Crippen molar-refractivity contribution in [3.8, 4) is 0 Å². The van der Waals surface area contributed by atoms with Gasteiger partial charge in [-0.05, 0) is 5.92 Å². The minimum absolute atomic E-state index is 0.0400. The highest BCUT2D eigenvalue weighted by atomic mass is 32.1. The van der Waals surface area contributed by atoms with Gasteiger partial charge in [0.2, 0.25) is 0 Å². The number of rotatable bonds is 4. The van der Waals surface area contributed by atoms with Gasteiger partial charge in [-0.1, -0.05) is 13.8 Å². The van der Waals surface area contributed by atoms with Crippen molar-refractivity contribution in [2.75, 3.05) is 6.54 Å². The molecule has 92 valence electrons. The molecule has 0 saturated heterocycles. The molecule has 0 aliphatic rings. The molecule has 0 aromatic carbocycles. The minimum atomic E-state index is -4.19. The Morgan fingerprint density at radius 3 is 2.50 bits per heavy atom. The Labute approximate surface area is 96.7 Å². The van der Waals surface area contributed by atoms with E-state index < -0.39 is 12.6 Å². The first-order chi connectivity index (χ1) is 7.33. The molecule has 0 radical (unpaired) electrons. The number of hydrogen-bond donors (Lipinski definition) is 1. The van der Waals surface area contributed by atoms with Gasteiger partial charge in [0.15, 0.2) is 0 Å². The SMILES string of the molecule is CC(C)C(CN)c1csc(CC(F)(F)F)n1. The van der Waals surface area contributed by atoms with Crippen molar-refractivity contribution < 1.29 is 13.2 Å². The average molecular weight is 252 g/mol. The zero-order chi connectivity index (χ0) is 12.3. The first-order valence-corrected chi connectivity index (χ1v) is 5.92. The van der Waals surface area contributed by atoms with Crippen LogP contribution in [-0.2, 0) is 6.42 Å². The smallest absolute Gasteiger partial charge is 0.330 e. The molecular formula is C10H15F3N2S. The van der Waals surface area contributed by atoms with Gasteiger partial charge in [0.25, 0.3) is 0 Å². The van der Waals surface area contributed by atoms with Crippen molar-refractivity contribution in [3.63, 3.8) is 0 Å². The number of alkyl halides is 3. The Balaban J connectivity index is 2.78. The monoisotopic (exact) mass is 252 g/mol. The molecule has 0 amide bonds. The summed E-state index contributed by atoms with van der Waals surface area (Å²) < 4.78 is 36.4. The highest BCUT2D eigenvalue weighted by molar-refractivity contribution is 7.09. The van der Waals surface area contributed by atoms with Gasteiger partial charge in [-0.15, -0.1) is 11.3 Å². The minimum Gasteiger partial charge on any atom is -0.330 e. The van der Waals surface area contributed by atoms with Crippen molar-refractivity contribution >= 4 is 11.3 Å². The molecule has 1 atom stereocenters. The fourth-order valence-electron chi connectivity index (χ4n) is 1.48. The summed E-state index contributed by atoms with van der Waals surface area (Å²) in [5.41, 5.74) is 6.27. The van der Waals surface area contributed by atoms with Crippen molar-refractivity contribution in [1.82, 2.24) is 4.98 Å². The van der Waals surface area contributed by atoms with E-state index in [2.05, 4.69) is 4.98 Å². The molecular weight excluding hydrogens is 237 g/mol. The lowest BCUT2D eigenvalue weighted by Crippen LogP contribution is -2.18. The summed E-state index contributed by atoms with van der Waals surface area (Å²) >= 11 is 1.05. The summed E-state index contributed by atoms with van der Waals surface area (Å²) in [5.74, 6) is 0.323. The van der Waals surface area contributed by atoms with Crippen LogP contribution in [0.4, 0.5) is 13.2 Å². The Morgan fingerprint density at radius 2 is 2.06 bits per heavy atom. The predicted molar refractivity (Wildman–Crippen MR) is 58.5 cm³/mol. The highest BCUT2D eigenvalue weighted by Gasteiger charge is 2.30. The Hall–Kier alpha value is -0.620. The first-order valence-electron chi connectivity index (χ1n) is 5.04. The zero-order valence-corrected chi connectivity index (χ0v) is 10.0. The van der Waals surface area contributed by atoms with Crippen LogP contribution in [0.25, 0.3) is 0 Å². The largest absolute Gasteiger partial charge is 0.395 e. The second kappa shape index (κ2) is 5.14. The molecule has 6 heteroatoms. The van der Waals surface area contributed by atoms with E-state index in [9.17, 15) is 13.2 Å². The molecule has 0 bridgehead atoms. The Morgan fingerprint density at radius 1 is 1.44 bits per heavy atom. The lowest BCUT2D eigenvalue weighted by Gasteiger charge is -2.15. The first kappa shape index (κ1) is 13.4. The van der Waals surface area contributed by atoms with Crippen LogP contribution in [0.2, 0.25) is 0 Å². The molecule has 0 aliphatic carbocycles. The quantitative estimate of drug-likeness (QED) is 0.894. The lowest BCUT2D eigenvalue weighted by molar-refractivity contribution is -0.127. The summed E-state index contributed by atoms with van der Waals surface area (Å²) in [5, 5.41) is 1.79. The second-order valence-electron chi connectivity index (χ2n) is 4.04. The van der Waals surface area contributed by atoms with Crippen LogP contribution in [0.5, 0.6) is 0 Å². The standard InChI is InChI=1S/C10H15F3N2S/c1-6(2)7(4-14)8-5-16-9(15-8)3-10(11,12)13/h5-7H,3-4,14H2,1-2H3. The van der Waals surface area contributed by atoms with Gasteiger partial charge in [-0.2, -0.15) is 13.2 Å². The maximum atomic E-state index is 12.1. The molecule has 1 unspecified atom stereocenters. The molecule has 0 spiro atoms. The van der Waals surface area contributed by atoms with Crippen LogP contribution in [0.15, 0.2) is 5.38 Å². The van der Waals surface area contributed by atoms with Gasteiger partial charge >= 0.3 is 6.18 Å². The maximum Gasteiger partial charge on any atom is 0.395 e. The average Bonchev–Trinajstić information content (AvgIpc) is 2.50. The molecule has 1 aromatic heterocycles. The normalized spacial score (nSPS) is 14.4. The molecule has 1 heterocycles. The van der Waals surface area contributed by atoms with Crippen LogP contribution in [0.1, 0.15) is 30.5 Å². The third-order valence-corrected chi connectivity index (χ3v) is 3.23. The fraction of sp³-hybridized carbons (Fsp3) is 0.700. The fourth-order valence-corrected chi connectivity index (χ4v) is 2.37. The molecule has 2 nitrogen and oxygen atoms in total. The summed E-state index contributed by atoms with van der Waals surface area (Å²) in [6.07, 6.45) is -5.14. The van der Waals surface area contributed by atoms with Gasteiger partial charge in [0.1, 0.15) is 5.01 Å². The molecule has 16 heavy (non-hydrogen) atoms. The molecule has 2 N–H and O–H groups in total. The van der Waals surface area contributed by atoms with E-state index in [1.54, 1.807) is 5.38 Å². The van der Waals surface area contributed by atoms with Gasteiger partial charge in [-0.25, -0.2) is 4.98 Å². The Bertz CT molecular complexity index is 333. The van der Waals surface area contributed by atoms with Crippen LogP contribution >= 0.6 is 11.3 Å². The molecule has 0 saturated carbocycles. The van der Waals surface area contributed by atoms with Gasteiger partial charge in [-0.3, -0.25) is 0 Å². The molecule has 1 aromatic rings. The predicted octanol–water partition coefficient (Wildman–Crippen LogP) is 2.95. The summed E-state index contributed by atoms with van der Waals surface area (Å²) in [6, 6.07) is 0. The number of nitrogens with two attached hydrogens (primary N) is 1. The van der Waals surface area contributed by atoms with Gasteiger partial charge in [0.05, 0.1) is 12.1 Å². The van der Waals surface area contributed by atoms with Crippen LogP contribution in [0, 0.1) is 5.92 Å². The number of nitrogens with zero attached hydrogens (tertiary/aromatic N) is 1. The highest BCUT2D eigenvalue weighted by Crippen LogP contribution is 2.28. The van der Waals surface area contributed by atoms with Gasteiger partial charge in [0, 0.05) is 17.8 Å². The van der Waals surface area contributed by atoms with E-state index in [4.69, 9.17) is 5.73 Å². The van der Waals surface area contributed by atoms with Crippen molar-refractivity contribution in [2.45, 2.75) is 32.4 Å². The summed E-state index contributed by atoms with van der Waals surface area (Å²) in [6.45, 7) is 4.38. The molecule has 0 aliphatic heterocycles. The van der Waals surface area contributed by atoms with Gasteiger partial charge < -0.3 is 5.73 Å². The van der Waals surface area contributed by atoms with E-state index in [0.29, 0.717) is 12.2 Å².